The van der Waals surface area contributed by atoms with Gasteiger partial charge in [-0.2, -0.15) is 12.6 Å². The number of H-pyrrole nitrogens is 1. The normalized spacial score (nSPS) is 14.3. The molecule has 0 aliphatic rings. The van der Waals surface area contributed by atoms with Crippen LogP contribution in [0.3, 0.4) is 0 Å². The van der Waals surface area contributed by atoms with E-state index in [9.17, 15) is 29.1 Å². The van der Waals surface area contributed by atoms with E-state index in [-0.39, 0.29) is 18.6 Å². The highest BCUT2D eigenvalue weighted by Crippen LogP contribution is 2.18. The lowest BCUT2D eigenvalue weighted by atomic mass is 10.0. The molecule has 2 aromatic rings. The zero-order valence-corrected chi connectivity index (χ0v) is 20.0. The third kappa shape index (κ3) is 7.96. The fourth-order valence-electron chi connectivity index (χ4n) is 3.37. The number of rotatable bonds is 14. The number of aliphatic hydroxyl groups excluding tert-OH is 1. The van der Waals surface area contributed by atoms with Crippen LogP contribution in [0.15, 0.2) is 30.5 Å². The number of thiol groups is 1. The Labute approximate surface area is 211 Å². The smallest absolute Gasteiger partial charge is 0.327 e. The molecule has 2 rings (SSSR count). The maximum Gasteiger partial charge on any atom is 0.327 e. The van der Waals surface area contributed by atoms with E-state index >= 15 is 0 Å². The summed E-state index contributed by atoms with van der Waals surface area (Å²) < 4.78 is 0. The molecule has 36 heavy (non-hydrogen) atoms. The minimum atomic E-state index is -1.55. The Hall–Kier alpha value is -3.62. The number of para-hydroxylation sites is 1. The molecule has 0 saturated heterocycles. The first-order chi connectivity index (χ1) is 17.1. The van der Waals surface area contributed by atoms with Crippen LogP contribution in [-0.2, 0) is 30.4 Å². The second kappa shape index (κ2) is 13.5. The first-order valence-electron chi connectivity index (χ1n) is 10.9. The summed E-state index contributed by atoms with van der Waals surface area (Å²) >= 11 is 3.82. The SMILES string of the molecule is NC(Cc1c[nH]c2ccccc12)C(=O)NC(CCC(=O)O)C(=O)NC(CO)C(=O)NC(CS)C(=O)O. The highest BCUT2D eigenvalue weighted by Gasteiger charge is 2.30. The fourth-order valence-corrected chi connectivity index (χ4v) is 3.62. The molecule has 0 bridgehead atoms. The maximum atomic E-state index is 12.8. The van der Waals surface area contributed by atoms with Gasteiger partial charge < -0.3 is 42.0 Å². The molecular formula is C22H29N5O8S. The highest BCUT2D eigenvalue weighted by molar-refractivity contribution is 7.80. The minimum Gasteiger partial charge on any atom is -0.481 e. The topological polar surface area (TPSA) is 224 Å². The molecule has 1 aromatic heterocycles. The molecule has 0 saturated carbocycles. The first-order valence-corrected chi connectivity index (χ1v) is 11.6. The Balaban J connectivity index is 2.08. The predicted molar refractivity (Wildman–Crippen MR) is 131 cm³/mol. The van der Waals surface area contributed by atoms with E-state index in [2.05, 4.69) is 33.6 Å². The zero-order valence-electron chi connectivity index (χ0n) is 19.1. The number of nitrogens with two attached hydrogens (primary N) is 1. The van der Waals surface area contributed by atoms with Crippen LogP contribution in [0.25, 0.3) is 10.9 Å². The van der Waals surface area contributed by atoms with Gasteiger partial charge in [0.1, 0.15) is 18.1 Å². The summed E-state index contributed by atoms with van der Waals surface area (Å²) in [7, 11) is 0. The van der Waals surface area contributed by atoms with Crippen molar-refractivity contribution in [1.29, 1.82) is 0 Å². The number of amides is 3. The van der Waals surface area contributed by atoms with Gasteiger partial charge in [0.25, 0.3) is 0 Å². The predicted octanol–water partition coefficient (Wildman–Crippen LogP) is -1.64. The number of carboxylic acid groups (broad SMARTS) is 2. The van der Waals surface area contributed by atoms with E-state index in [4.69, 9.17) is 15.9 Å². The molecule has 14 heteroatoms. The molecule has 1 aromatic carbocycles. The summed E-state index contributed by atoms with van der Waals surface area (Å²) in [6, 6.07) is 2.02. The van der Waals surface area contributed by atoms with Gasteiger partial charge >= 0.3 is 11.9 Å². The third-order valence-electron chi connectivity index (χ3n) is 5.34. The summed E-state index contributed by atoms with van der Waals surface area (Å²) in [5, 5.41) is 35.2. The van der Waals surface area contributed by atoms with Gasteiger partial charge in [-0.05, 0) is 24.5 Å². The number of hydrogen-bond donors (Lipinski definition) is 9. The molecule has 0 aliphatic carbocycles. The first kappa shape index (κ1) is 28.6. The van der Waals surface area contributed by atoms with Crippen LogP contribution in [0.1, 0.15) is 18.4 Å². The molecule has 0 fully saturated rings. The van der Waals surface area contributed by atoms with Crippen molar-refractivity contribution in [1.82, 2.24) is 20.9 Å². The average molecular weight is 524 g/mol. The van der Waals surface area contributed by atoms with Gasteiger partial charge in [-0.3, -0.25) is 19.2 Å². The van der Waals surface area contributed by atoms with Gasteiger partial charge in [0.05, 0.1) is 12.6 Å². The Morgan fingerprint density at radius 2 is 1.56 bits per heavy atom. The molecule has 1 heterocycles. The van der Waals surface area contributed by atoms with E-state index < -0.39 is 66.9 Å². The van der Waals surface area contributed by atoms with Gasteiger partial charge in [0.15, 0.2) is 0 Å². The van der Waals surface area contributed by atoms with Crippen molar-refractivity contribution in [3.63, 3.8) is 0 Å². The summed E-state index contributed by atoms with van der Waals surface area (Å²) in [4.78, 5) is 63.0. The molecule has 3 amide bonds. The lowest BCUT2D eigenvalue weighted by Gasteiger charge is -2.24. The maximum absolute atomic E-state index is 12.8. The van der Waals surface area contributed by atoms with Crippen LogP contribution < -0.4 is 21.7 Å². The van der Waals surface area contributed by atoms with Crippen LogP contribution in [0.5, 0.6) is 0 Å². The van der Waals surface area contributed by atoms with Gasteiger partial charge in [-0.15, -0.1) is 0 Å². The largest absolute Gasteiger partial charge is 0.481 e. The van der Waals surface area contributed by atoms with Crippen molar-refractivity contribution in [3.8, 4) is 0 Å². The van der Waals surface area contributed by atoms with Crippen LogP contribution in [-0.4, -0.2) is 86.5 Å². The molecule has 4 atom stereocenters. The molecular weight excluding hydrogens is 494 g/mol. The van der Waals surface area contributed by atoms with E-state index in [0.717, 1.165) is 16.5 Å². The molecule has 0 aliphatic heterocycles. The van der Waals surface area contributed by atoms with E-state index in [0.29, 0.717) is 0 Å². The van der Waals surface area contributed by atoms with Crippen molar-refractivity contribution >= 4 is 53.2 Å². The van der Waals surface area contributed by atoms with E-state index in [1.165, 1.54) is 0 Å². The quantitative estimate of drug-likeness (QED) is 0.129. The van der Waals surface area contributed by atoms with Crippen molar-refractivity contribution in [2.24, 2.45) is 5.73 Å². The number of aliphatic carboxylic acids is 2. The Morgan fingerprint density at radius 1 is 0.944 bits per heavy atom. The fraction of sp³-hybridized carbons (Fsp3) is 0.409. The number of aromatic nitrogens is 1. The van der Waals surface area contributed by atoms with Gasteiger partial charge in [-0.25, -0.2) is 4.79 Å². The lowest BCUT2D eigenvalue weighted by molar-refractivity contribution is -0.142. The molecule has 196 valence electrons. The number of carbonyl (C=O) groups excluding carboxylic acids is 3. The molecule has 0 radical (unpaired) electrons. The standard InChI is InChI=1S/C22H29N5O8S/c23-13(7-11-8-24-14-4-2-1-3-12(11)14)19(31)25-15(5-6-18(29)30)20(32)26-16(9-28)21(33)27-17(10-36)22(34)35/h1-4,8,13,15-17,24,28,36H,5-7,9-10,23H2,(H,25,31)(H,26,32)(H,27,33)(H,29,30)(H,34,35). The van der Waals surface area contributed by atoms with Crippen LogP contribution in [0.4, 0.5) is 0 Å². The van der Waals surface area contributed by atoms with E-state index in [1.54, 1.807) is 6.20 Å². The van der Waals surface area contributed by atoms with Crippen LogP contribution in [0, 0.1) is 0 Å². The second-order valence-corrected chi connectivity index (χ2v) is 8.35. The monoisotopic (exact) mass is 523 g/mol. The number of nitrogens with one attached hydrogen (secondary N) is 4. The Kier molecular flexibility index (Phi) is 10.7. The zero-order chi connectivity index (χ0) is 26.8. The number of carboxylic acids is 2. The van der Waals surface area contributed by atoms with Crippen LogP contribution in [0.2, 0.25) is 0 Å². The number of aromatic amines is 1. The summed E-state index contributed by atoms with van der Waals surface area (Å²) in [6.07, 6.45) is 1.05. The molecule has 4 unspecified atom stereocenters. The molecule has 0 spiro atoms. The average Bonchev–Trinajstić information content (AvgIpc) is 3.25. The summed E-state index contributed by atoms with van der Waals surface area (Å²) in [5.41, 5.74) is 7.67. The number of fused-ring (bicyclic) bond motifs is 1. The Bertz CT molecular complexity index is 1110. The van der Waals surface area contributed by atoms with Gasteiger partial charge in [-0.1, -0.05) is 18.2 Å². The molecule has 13 nitrogen and oxygen atoms in total. The third-order valence-corrected chi connectivity index (χ3v) is 5.71. The van der Waals surface area contributed by atoms with Crippen molar-refractivity contribution < 1.29 is 39.3 Å². The van der Waals surface area contributed by atoms with Crippen LogP contribution >= 0.6 is 12.6 Å². The van der Waals surface area contributed by atoms with Gasteiger partial charge in [0, 0.05) is 29.3 Å². The van der Waals surface area contributed by atoms with Crippen molar-refractivity contribution in [2.45, 2.75) is 43.4 Å². The summed E-state index contributed by atoms with van der Waals surface area (Å²) in [5.74, 6) is -5.49. The minimum absolute atomic E-state index is 0.130. The van der Waals surface area contributed by atoms with Crippen molar-refractivity contribution in [2.75, 3.05) is 12.4 Å². The number of hydrogen-bond acceptors (Lipinski definition) is 8. The lowest BCUT2D eigenvalue weighted by Crippen LogP contribution is -2.58. The second-order valence-electron chi connectivity index (χ2n) is 7.99. The summed E-state index contributed by atoms with van der Waals surface area (Å²) in [6.45, 7) is -0.879. The number of aliphatic hydroxyl groups is 1. The molecule has 9 N–H and O–H groups in total. The van der Waals surface area contributed by atoms with Gasteiger partial charge in [0.2, 0.25) is 17.7 Å². The van der Waals surface area contributed by atoms with Crippen molar-refractivity contribution in [3.05, 3.63) is 36.0 Å². The Morgan fingerprint density at radius 3 is 2.17 bits per heavy atom. The number of carbonyl (C=O) groups is 5. The number of benzene rings is 1. The van der Waals surface area contributed by atoms with E-state index in [1.807, 2.05) is 24.3 Å². The highest BCUT2D eigenvalue weighted by atomic mass is 32.1.